The molecule has 1 fully saturated rings. The Balaban J connectivity index is 1.85. The van der Waals surface area contributed by atoms with Crippen LogP contribution in [0.25, 0.3) is 0 Å². The summed E-state index contributed by atoms with van der Waals surface area (Å²) in [6.07, 6.45) is 0.353. The summed E-state index contributed by atoms with van der Waals surface area (Å²) >= 11 is 0. The lowest BCUT2D eigenvalue weighted by atomic mass is 10.1. The van der Waals surface area contributed by atoms with Gasteiger partial charge in [0.05, 0.1) is 26.2 Å². The van der Waals surface area contributed by atoms with Crippen LogP contribution in [0.4, 0.5) is 0 Å². The van der Waals surface area contributed by atoms with E-state index in [0.717, 1.165) is 38.4 Å². The second-order valence-corrected chi connectivity index (χ2v) is 4.69. The summed E-state index contributed by atoms with van der Waals surface area (Å²) < 4.78 is 10.3. The number of nitrogens with zero attached hydrogens (tertiary/aromatic N) is 1. The zero-order valence-electron chi connectivity index (χ0n) is 11.4. The molecule has 1 saturated heterocycles. The first-order valence-electron chi connectivity index (χ1n) is 6.81. The number of esters is 1. The van der Waals surface area contributed by atoms with Gasteiger partial charge in [-0.3, -0.25) is 9.69 Å². The van der Waals surface area contributed by atoms with E-state index in [2.05, 4.69) is 17.0 Å². The first-order chi connectivity index (χ1) is 9.28. The third-order valence-electron chi connectivity index (χ3n) is 3.19. The van der Waals surface area contributed by atoms with Gasteiger partial charge in [0.15, 0.2) is 0 Å². The molecular weight excluding hydrogens is 242 g/mol. The van der Waals surface area contributed by atoms with Crippen LogP contribution in [0.1, 0.15) is 18.1 Å². The Bertz CT molecular complexity index is 396. The Morgan fingerprint density at radius 3 is 2.47 bits per heavy atom. The number of rotatable bonds is 5. The molecule has 2 rings (SSSR count). The molecule has 104 valence electrons. The van der Waals surface area contributed by atoms with Crippen LogP contribution in [0.15, 0.2) is 24.3 Å². The lowest BCUT2D eigenvalue weighted by molar-refractivity contribution is -0.142. The minimum absolute atomic E-state index is 0.163. The largest absolute Gasteiger partial charge is 0.466 e. The van der Waals surface area contributed by atoms with Crippen molar-refractivity contribution in [3.05, 3.63) is 35.4 Å². The highest BCUT2D eigenvalue weighted by atomic mass is 16.5. The van der Waals surface area contributed by atoms with Crippen LogP contribution in [0, 0.1) is 0 Å². The normalized spacial score (nSPS) is 16.3. The van der Waals surface area contributed by atoms with E-state index < -0.39 is 0 Å². The average molecular weight is 263 g/mol. The average Bonchev–Trinajstić information content (AvgIpc) is 2.42. The van der Waals surface area contributed by atoms with Gasteiger partial charge in [0.1, 0.15) is 0 Å². The predicted molar refractivity (Wildman–Crippen MR) is 72.9 cm³/mol. The molecule has 0 atom stereocenters. The minimum atomic E-state index is -0.163. The second kappa shape index (κ2) is 7.26. The SMILES string of the molecule is CCOC(=O)Cc1ccc(CN2CCOCC2)cc1. The zero-order chi connectivity index (χ0) is 13.5. The summed E-state index contributed by atoms with van der Waals surface area (Å²) in [7, 11) is 0. The van der Waals surface area contributed by atoms with Gasteiger partial charge < -0.3 is 9.47 Å². The molecule has 1 aliphatic rings. The topological polar surface area (TPSA) is 38.8 Å². The van der Waals surface area contributed by atoms with Crippen molar-refractivity contribution >= 4 is 5.97 Å². The van der Waals surface area contributed by atoms with Crippen LogP contribution >= 0.6 is 0 Å². The predicted octanol–water partition coefficient (Wildman–Crippen LogP) is 1.62. The molecule has 4 heteroatoms. The van der Waals surface area contributed by atoms with Gasteiger partial charge >= 0.3 is 5.97 Å². The second-order valence-electron chi connectivity index (χ2n) is 4.69. The van der Waals surface area contributed by atoms with Crippen LogP contribution < -0.4 is 0 Å². The van der Waals surface area contributed by atoms with Crippen molar-refractivity contribution in [3.63, 3.8) is 0 Å². The molecule has 0 N–H and O–H groups in total. The van der Waals surface area contributed by atoms with Crippen molar-refractivity contribution in [2.75, 3.05) is 32.9 Å². The van der Waals surface area contributed by atoms with E-state index in [0.29, 0.717) is 13.0 Å². The maximum absolute atomic E-state index is 11.4. The van der Waals surface area contributed by atoms with Gasteiger partial charge in [-0.1, -0.05) is 24.3 Å². The van der Waals surface area contributed by atoms with Gasteiger partial charge in [-0.15, -0.1) is 0 Å². The Kier molecular flexibility index (Phi) is 5.36. The summed E-state index contributed by atoms with van der Waals surface area (Å²) in [5.74, 6) is -0.163. The molecule has 0 unspecified atom stereocenters. The van der Waals surface area contributed by atoms with Crippen LogP contribution in [-0.4, -0.2) is 43.8 Å². The molecule has 0 aromatic heterocycles. The Morgan fingerprint density at radius 2 is 1.84 bits per heavy atom. The van der Waals surface area contributed by atoms with Crippen LogP contribution in [0.2, 0.25) is 0 Å². The Morgan fingerprint density at radius 1 is 1.21 bits per heavy atom. The fourth-order valence-electron chi connectivity index (χ4n) is 2.16. The summed E-state index contributed by atoms with van der Waals surface area (Å²) in [6.45, 7) is 6.83. The highest BCUT2D eigenvalue weighted by Crippen LogP contribution is 2.10. The van der Waals surface area contributed by atoms with Crippen molar-refractivity contribution in [2.24, 2.45) is 0 Å². The van der Waals surface area contributed by atoms with Crippen LogP contribution in [-0.2, 0) is 27.2 Å². The van der Waals surface area contributed by atoms with E-state index in [1.54, 1.807) is 0 Å². The van der Waals surface area contributed by atoms with Crippen molar-refractivity contribution in [1.82, 2.24) is 4.90 Å². The number of carbonyl (C=O) groups excluding carboxylic acids is 1. The quantitative estimate of drug-likeness (QED) is 0.757. The van der Waals surface area contributed by atoms with E-state index in [-0.39, 0.29) is 5.97 Å². The number of hydrogen-bond acceptors (Lipinski definition) is 4. The fourth-order valence-corrected chi connectivity index (χ4v) is 2.16. The number of benzene rings is 1. The highest BCUT2D eigenvalue weighted by Gasteiger charge is 2.10. The lowest BCUT2D eigenvalue weighted by Gasteiger charge is -2.26. The lowest BCUT2D eigenvalue weighted by Crippen LogP contribution is -2.35. The molecule has 19 heavy (non-hydrogen) atoms. The van der Waals surface area contributed by atoms with Gasteiger partial charge in [0.25, 0.3) is 0 Å². The molecule has 0 bridgehead atoms. The first kappa shape index (κ1) is 14.0. The van der Waals surface area contributed by atoms with Gasteiger partial charge in [0.2, 0.25) is 0 Å². The van der Waals surface area contributed by atoms with Gasteiger partial charge in [0, 0.05) is 19.6 Å². The van der Waals surface area contributed by atoms with Crippen molar-refractivity contribution in [3.8, 4) is 0 Å². The molecule has 1 aromatic carbocycles. The molecule has 1 heterocycles. The monoisotopic (exact) mass is 263 g/mol. The first-order valence-corrected chi connectivity index (χ1v) is 6.81. The van der Waals surface area contributed by atoms with E-state index in [1.807, 2.05) is 19.1 Å². The molecule has 0 aliphatic carbocycles. The van der Waals surface area contributed by atoms with E-state index >= 15 is 0 Å². The Hall–Kier alpha value is -1.39. The molecule has 0 radical (unpaired) electrons. The standard InChI is InChI=1S/C15H21NO3/c1-2-19-15(17)11-13-3-5-14(6-4-13)12-16-7-9-18-10-8-16/h3-6H,2,7-12H2,1H3. The van der Waals surface area contributed by atoms with Gasteiger partial charge in [-0.25, -0.2) is 0 Å². The number of morpholine rings is 1. The summed E-state index contributed by atoms with van der Waals surface area (Å²) in [5.41, 5.74) is 2.28. The number of hydrogen-bond donors (Lipinski definition) is 0. The van der Waals surface area contributed by atoms with Crippen LogP contribution in [0.5, 0.6) is 0 Å². The van der Waals surface area contributed by atoms with Crippen LogP contribution in [0.3, 0.4) is 0 Å². The maximum Gasteiger partial charge on any atom is 0.310 e. The van der Waals surface area contributed by atoms with E-state index in [1.165, 1.54) is 5.56 Å². The molecule has 0 amide bonds. The third-order valence-corrected chi connectivity index (χ3v) is 3.19. The molecule has 0 spiro atoms. The molecule has 0 saturated carbocycles. The third kappa shape index (κ3) is 4.65. The molecule has 1 aliphatic heterocycles. The summed E-state index contributed by atoms with van der Waals surface area (Å²) in [5, 5.41) is 0. The van der Waals surface area contributed by atoms with E-state index in [9.17, 15) is 4.79 Å². The highest BCUT2D eigenvalue weighted by molar-refractivity contribution is 5.72. The van der Waals surface area contributed by atoms with Gasteiger partial charge in [-0.2, -0.15) is 0 Å². The minimum Gasteiger partial charge on any atom is -0.466 e. The maximum atomic E-state index is 11.4. The summed E-state index contributed by atoms with van der Waals surface area (Å²) in [4.78, 5) is 13.7. The number of carbonyl (C=O) groups is 1. The number of ether oxygens (including phenoxy) is 2. The zero-order valence-corrected chi connectivity index (χ0v) is 11.4. The van der Waals surface area contributed by atoms with Crippen molar-refractivity contribution in [1.29, 1.82) is 0 Å². The summed E-state index contributed by atoms with van der Waals surface area (Å²) in [6, 6.07) is 8.19. The van der Waals surface area contributed by atoms with Crippen molar-refractivity contribution in [2.45, 2.75) is 19.9 Å². The van der Waals surface area contributed by atoms with Crippen molar-refractivity contribution < 1.29 is 14.3 Å². The van der Waals surface area contributed by atoms with E-state index in [4.69, 9.17) is 9.47 Å². The van der Waals surface area contributed by atoms with Gasteiger partial charge in [-0.05, 0) is 18.1 Å². The molecule has 1 aromatic rings. The molecule has 4 nitrogen and oxygen atoms in total. The Labute approximate surface area is 114 Å². The molecular formula is C15H21NO3. The smallest absolute Gasteiger partial charge is 0.310 e. The fraction of sp³-hybridized carbons (Fsp3) is 0.533.